The number of aromatic amines is 1. The second-order valence-corrected chi connectivity index (χ2v) is 5.69. The summed E-state index contributed by atoms with van der Waals surface area (Å²) in [6.45, 7) is 2.79. The van der Waals surface area contributed by atoms with Gasteiger partial charge in [-0.25, -0.2) is 0 Å². The van der Waals surface area contributed by atoms with Crippen LogP contribution in [0.5, 0.6) is 0 Å². The van der Waals surface area contributed by atoms with Gasteiger partial charge in [0.25, 0.3) is 5.91 Å². The smallest absolute Gasteiger partial charge is 0.270 e. The summed E-state index contributed by atoms with van der Waals surface area (Å²) in [5, 5.41) is 1.07. The van der Waals surface area contributed by atoms with Crippen LogP contribution in [0.25, 0.3) is 10.9 Å². The SMILES string of the molecule is CC(N)C1CCCCN1C(=O)c1cc2ccccc2[nH]1. The third kappa shape index (κ3) is 2.31. The first-order valence-corrected chi connectivity index (χ1v) is 7.31. The van der Waals surface area contributed by atoms with Crippen molar-refractivity contribution in [2.24, 2.45) is 5.73 Å². The van der Waals surface area contributed by atoms with E-state index in [1.54, 1.807) is 0 Å². The molecular formula is C16H21N3O. The van der Waals surface area contributed by atoms with Crippen molar-refractivity contribution in [1.82, 2.24) is 9.88 Å². The minimum atomic E-state index is 0.0172. The molecule has 1 fully saturated rings. The predicted octanol–water partition coefficient (Wildman–Crippen LogP) is 2.51. The van der Waals surface area contributed by atoms with Gasteiger partial charge in [-0.2, -0.15) is 0 Å². The van der Waals surface area contributed by atoms with E-state index in [4.69, 9.17) is 5.73 Å². The van der Waals surface area contributed by atoms with Gasteiger partial charge in [0, 0.05) is 29.5 Å². The molecule has 20 heavy (non-hydrogen) atoms. The Kier molecular flexibility index (Phi) is 3.49. The fourth-order valence-corrected chi connectivity index (χ4v) is 3.10. The largest absolute Gasteiger partial charge is 0.351 e. The number of likely N-dealkylation sites (tertiary alicyclic amines) is 1. The molecule has 2 atom stereocenters. The zero-order chi connectivity index (χ0) is 14.1. The Labute approximate surface area is 118 Å². The molecule has 2 aromatic rings. The third-order valence-corrected chi connectivity index (χ3v) is 4.18. The number of nitrogens with two attached hydrogens (primary N) is 1. The lowest BCUT2D eigenvalue weighted by molar-refractivity contribution is 0.0579. The van der Waals surface area contributed by atoms with E-state index in [1.165, 1.54) is 0 Å². The first-order chi connectivity index (χ1) is 9.66. The minimum absolute atomic E-state index is 0.0172. The Hall–Kier alpha value is -1.81. The molecule has 1 aliphatic heterocycles. The van der Waals surface area contributed by atoms with Crippen LogP contribution in [0, 0.1) is 0 Å². The average molecular weight is 271 g/mol. The number of para-hydroxylation sites is 1. The molecule has 3 rings (SSSR count). The lowest BCUT2D eigenvalue weighted by atomic mass is 9.96. The van der Waals surface area contributed by atoms with Crippen molar-refractivity contribution in [2.75, 3.05) is 6.54 Å². The van der Waals surface area contributed by atoms with Crippen molar-refractivity contribution in [3.8, 4) is 0 Å². The molecule has 0 aliphatic carbocycles. The number of nitrogens with zero attached hydrogens (tertiary/aromatic N) is 1. The lowest BCUT2D eigenvalue weighted by Gasteiger charge is -2.37. The van der Waals surface area contributed by atoms with Gasteiger partial charge >= 0.3 is 0 Å². The van der Waals surface area contributed by atoms with Crippen molar-refractivity contribution in [1.29, 1.82) is 0 Å². The van der Waals surface area contributed by atoms with Gasteiger partial charge in [-0.1, -0.05) is 18.2 Å². The molecule has 0 saturated carbocycles. The Morgan fingerprint density at radius 2 is 2.20 bits per heavy atom. The maximum absolute atomic E-state index is 12.7. The molecule has 1 amide bonds. The summed E-state index contributed by atoms with van der Waals surface area (Å²) in [6, 6.07) is 10.1. The first kappa shape index (κ1) is 13.2. The van der Waals surface area contributed by atoms with Gasteiger partial charge in [0.1, 0.15) is 5.69 Å². The number of benzene rings is 1. The number of carbonyl (C=O) groups excluding carboxylic acids is 1. The zero-order valence-corrected chi connectivity index (χ0v) is 11.8. The molecule has 106 valence electrons. The van der Waals surface area contributed by atoms with Crippen molar-refractivity contribution >= 4 is 16.8 Å². The van der Waals surface area contributed by atoms with Crippen molar-refractivity contribution in [2.45, 2.75) is 38.3 Å². The van der Waals surface area contributed by atoms with Crippen LogP contribution in [-0.4, -0.2) is 34.4 Å². The van der Waals surface area contributed by atoms with E-state index in [-0.39, 0.29) is 18.0 Å². The number of hydrogen-bond donors (Lipinski definition) is 2. The van der Waals surface area contributed by atoms with Gasteiger partial charge in [-0.3, -0.25) is 4.79 Å². The third-order valence-electron chi connectivity index (χ3n) is 4.18. The summed E-state index contributed by atoms with van der Waals surface area (Å²) < 4.78 is 0. The Morgan fingerprint density at radius 3 is 2.95 bits per heavy atom. The fourth-order valence-electron chi connectivity index (χ4n) is 3.10. The van der Waals surface area contributed by atoms with Gasteiger partial charge in [-0.15, -0.1) is 0 Å². The Bertz CT molecular complexity index is 584. The van der Waals surface area contributed by atoms with Crippen LogP contribution >= 0.6 is 0 Å². The van der Waals surface area contributed by atoms with Gasteiger partial charge < -0.3 is 15.6 Å². The molecule has 0 spiro atoms. The van der Waals surface area contributed by atoms with Crippen LogP contribution in [0.4, 0.5) is 0 Å². The number of fused-ring (bicyclic) bond motifs is 1. The number of rotatable bonds is 2. The number of nitrogens with one attached hydrogen (secondary N) is 1. The monoisotopic (exact) mass is 271 g/mol. The molecule has 1 saturated heterocycles. The number of amides is 1. The van der Waals surface area contributed by atoms with Gasteiger partial charge in [0.15, 0.2) is 0 Å². The molecule has 2 heterocycles. The van der Waals surface area contributed by atoms with E-state index < -0.39 is 0 Å². The first-order valence-electron chi connectivity index (χ1n) is 7.31. The zero-order valence-electron chi connectivity index (χ0n) is 11.8. The molecule has 1 aliphatic rings. The Morgan fingerprint density at radius 1 is 1.40 bits per heavy atom. The molecule has 2 unspecified atom stereocenters. The topological polar surface area (TPSA) is 62.1 Å². The Balaban J connectivity index is 1.90. The van der Waals surface area contributed by atoms with Crippen LogP contribution in [0.15, 0.2) is 30.3 Å². The summed E-state index contributed by atoms with van der Waals surface area (Å²) in [4.78, 5) is 17.9. The highest BCUT2D eigenvalue weighted by atomic mass is 16.2. The molecule has 1 aromatic heterocycles. The number of hydrogen-bond acceptors (Lipinski definition) is 2. The van der Waals surface area contributed by atoms with Gasteiger partial charge in [0.2, 0.25) is 0 Å². The van der Waals surface area contributed by atoms with E-state index in [0.717, 1.165) is 36.7 Å². The number of carbonyl (C=O) groups is 1. The van der Waals surface area contributed by atoms with Gasteiger partial charge in [-0.05, 0) is 38.3 Å². The van der Waals surface area contributed by atoms with E-state index in [1.807, 2.05) is 42.2 Å². The molecule has 0 bridgehead atoms. The molecule has 1 aromatic carbocycles. The maximum Gasteiger partial charge on any atom is 0.270 e. The van der Waals surface area contributed by atoms with Crippen LogP contribution in [-0.2, 0) is 0 Å². The second kappa shape index (κ2) is 5.29. The standard InChI is InChI=1S/C16H21N3O/c1-11(17)15-8-4-5-9-19(15)16(20)14-10-12-6-2-3-7-13(12)18-14/h2-3,6-7,10-11,15,18H,4-5,8-9,17H2,1H3. The van der Waals surface area contributed by atoms with Crippen LogP contribution in [0.2, 0.25) is 0 Å². The number of H-pyrrole nitrogens is 1. The number of aromatic nitrogens is 1. The molecular weight excluding hydrogens is 250 g/mol. The quantitative estimate of drug-likeness (QED) is 0.881. The predicted molar refractivity (Wildman–Crippen MR) is 80.6 cm³/mol. The van der Waals surface area contributed by atoms with Gasteiger partial charge in [0.05, 0.1) is 0 Å². The highest BCUT2D eigenvalue weighted by Crippen LogP contribution is 2.23. The summed E-state index contributed by atoms with van der Waals surface area (Å²) in [5.74, 6) is 0.0724. The number of piperidine rings is 1. The van der Waals surface area contributed by atoms with Crippen LogP contribution in [0.1, 0.15) is 36.7 Å². The van der Waals surface area contributed by atoms with E-state index in [9.17, 15) is 4.79 Å². The van der Waals surface area contributed by atoms with Crippen LogP contribution in [0.3, 0.4) is 0 Å². The van der Waals surface area contributed by atoms with Crippen molar-refractivity contribution < 1.29 is 4.79 Å². The van der Waals surface area contributed by atoms with E-state index >= 15 is 0 Å². The fraction of sp³-hybridized carbons (Fsp3) is 0.438. The normalized spacial score (nSPS) is 21.1. The lowest BCUT2D eigenvalue weighted by Crippen LogP contribution is -2.51. The average Bonchev–Trinajstić information content (AvgIpc) is 2.90. The second-order valence-electron chi connectivity index (χ2n) is 5.69. The molecule has 3 N–H and O–H groups in total. The van der Waals surface area contributed by atoms with Crippen molar-refractivity contribution in [3.63, 3.8) is 0 Å². The molecule has 0 radical (unpaired) electrons. The summed E-state index contributed by atoms with van der Waals surface area (Å²) in [6.07, 6.45) is 3.22. The van der Waals surface area contributed by atoms with E-state index in [2.05, 4.69) is 4.98 Å². The summed E-state index contributed by atoms with van der Waals surface area (Å²) in [5.41, 5.74) is 7.71. The summed E-state index contributed by atoms with van der Waals surface area (Å²) in [7, 11) is 0. The van der Waals surface area contributed by atoms with E-state index in [0.29, 0.717) is 5.69 Å². The van der Waals surface area contributed by atoms with Crippen LogP contribution < -0.4 is 5.73 Å². The molecule has 4 nitrogen and oxygen atoms in total. The summed E-state index contributed by atoms with van der Waals surface area (Å²) >= 11 is 0. The highest BCUT2D eigenvalue weighted by molar-refractivity contribution is 5.98. The van der Waals surface area contributed by atoms with Crippen molar-refractivity contribution in [3.05, 3.63) is 36.0 Å². The highest BCUT2D eigenvalue weighted by Gasteiger charge is 2.30. The maximum atomic E-state index is 12.7. The molecule has 4 heteroatoms. The minimum Gasteiger partial charge on any atom is -0.351 e.